The van der Waals surface area contributed by atoms with Crippen molar-refractivity contribution >= 4 is 35.3 Å². The maximum absolute atomic E-state index is 2.33. The van der Waals surface area contributed by atoms with Crippen LogP contribution in [0.5, 0.6) is 0 Å². The maximum Gasteiger partial charge on any atom is 0.0144 e. The van der Waals surface area contributed by atoms with Gasteiger partial charge >= 0.3 is 0 Å². The highest BCUT2D eigenvalue weighted by atomic mass is 32.2. The standard InChI is InChI=1S/C36H42S3/c1-34(2,3)25-10-16-28(17-11-25)37-31-22-32(38-29-18-12-26(13-19-29)35(4,5)6)24-33(23-31)39-30-20-14-27(15-21-30)36(7,8)9/h10-24H,1-9H3. The van der Waals surface area contributed by atoms with E-state index in [0.29, 0.717) is 0 Å². The second kappa shape index (κ2) is 11.8. The van der Waals surface area contributed by atoms with Crippen molar-refractivity contribution in [3.05, 3.63) is 108 Å². The molecule has 0 spiro atoms. The van der Waals surface area contributed by atoms with E-state index < -0.39 is 0 Å². The van der Waals surface area contributed by atoms with Gasteiger partial charge in [-0.15, -0.1) is 0 Å². The lowest BCUT2D eigenvalue weighted by molar-refractivity contribution is 0.589. The molecule has 0 heterocycles. The summed E-state index contributed by atoms with van der Waals surface area (Å²) in [6.45, 7) is 20.4. The number of benzene rings is 4. The Hall–Kier alpha value is -2.07. The molecular weight excluding hydrogens is 529 g/mol. The zero-order valence-corrected chi connectivity index (χ0v) is 27.3. The quantitative estimate of drug-likeness (QED) is 0.226. The molecule has 0 aromatic heterocycles. The summed E-state index contributed by atoms with van der Waals surface area (Å²) < 4.78 is 0. The van der Waals surface area contributed by atoms with E-state index in [4.69, 9.17) is 0 Å². The molecule has 0 aliphatic carbocycles. The minimum atomic E-state index is 0.161. The first-order chi connectivity index (χ1) is 18.2. The van der Waals surface area contributed by atoms with Crippen LogP contribution >= 0.6 is 35.3 Å². The summed E-state index contributed by atoms with van der Waals surface area (Å²) >= 11 is 5.52. The minimum absolute atomic E-state index is 0.161. The van der Waals surface area contributed by atoms with Crippen LogP contribution in [0.15, 0.2) is 120 Å². The van der Waals surface area contributed by atoms with Gasteiger partial charge in [-0.2, -0.15) is 0 Å². The molecule has 4 aromatic carbocycles. The molecule has 0 aliphatic rings. The third-order valence-electron chi connectivity index (χ3n) is 6.72. The van der Waals surface area contributed by atoms with Crippen LogP contribution in [0.25, 0.3) is 0 Å². The van der Waals surface area contributed by atoms with Gasteiger partial charge < -0.3 is 0 Å². The molecule has 0 atom stereocenters. The van der Waals surface area contributed by atoms with Gasteiger partial charge in [-0.05, 0) is 87.5 Å². The van der Waals surface area contributed by atoms with Gasteiger partial charge in [0.15, 0.2) is 0 Å². The topological polar surface area (TPSA) is 0 Å². The molecule has 204 valence electrons. The fraction of sp³-hybridized carbons (Fsp3) is 0.333. The lowest BCUT2D eigenvalue weighted by Gasteiger charge is -2.19. The lowest BCUT2D eigenvalue weighted by Crippen LogP contribution is -2.10. The Balaban J connectivity index is 1.62. The average molecular weight is 571 g/mol. The van der Waals surface area contributed by atoms with E-state index >= 15 is 0 Å². The van der Waals surface area contributed by atoms with E-state index in [2.05, 4.69) is 153 Å². The van der Waals surface area contributed by atoms with Crippen molar-refractivity contribution in [1.29, 1.82) is 0 Å². The van der Waals surface area contributed by atoms with Crippen LogP contribution in [0.3, 0.4) is 0 Å². The van der Waals surface area contributed by atoms with Gasteiger partial charge in [0, 0.05) is 29.4 Å². The highest BCUT2D eigenvalue weighted by molar-refractivity contribution is 8.01. The van der Waals surface area contributed by atoms with Gasteiger partial charge in [-0.25, -0.2) is 0 Å². The highest BCUT2D eigenvalue weighted by Crippen LogP contribution is 2.40. The number of hydrogen-bond donors (Lipinski definition) is 0. The van der Waals surface area contributed by atoms with Crippen molar-refractivity contribution in [1.82, 2.24) is 0 Å². The van der Waals surface area contributed by atoms with Gasteiger partial charge in [0.1, 0.15) is 0 Å². The van der Waals surface area contributed by atoms with E-state index in [1.807, 2.05) is 35.3 Å². The molecule has 3 heteroatoms. The second-order valence-electron chi connectivity index (χ2n) is 13.3. The molecule has 0 nitrogen and oxygen atoms in total. The van der Waals surface area contributed by atoms with Crippen LogP contribution < -0.4 is 0 Å². The number of hydrogen-bond acceptors (Lipinski definition) is 3. The Morgan fingerprint density at radius 1 is 0.308 bits per heavy atom. The molecule has 0 saturated carbocycles. The Morgan fingerprint density at radius 3 is 0.692 bits per heavy atom. The van der Waals surface area contributed by atoms with Crippen molar-refractivity contribution in [2.45, 2.75) is 108 Å². The molecule has 0 bridgehead atoms. The van der Waals surface area contributed by atoms with Crippen molar-refractivity contribution in [2.75, 3.05) is 0 Å². The van der Waals surface area contributed by atoms with Crippen molar-refractivity contribution < 1.29 is 0 Å². The predicted octanol–water partition coefficient (Wildman–Crippen LogP) is 12.0. The molecule has 0 N–H and O–H groups in total. The molecule has 4 aromatic rings. The molecule has 0 unspecified atom stereocenters. The summed E-state index contributed by atoms with van der Waals surface area (Å²) in [6.07, 6.45) is 0. The SMILES string of the molecule is CC(C)(C)c1ccc(Sc2cc(Sc3ccc(C(C)(C)C)cc3)cc(Sc3ccc(C(C)(C)C)cc3)c2)cc1. The monoisotopic (exact) mass is 570 g/mol. The van der Waals surface area contributed by atoms with Crippen LogP contribution in [0, 0.1) is 0 Å². The smallest absolute Gasteiger partial charge is 0.0144 e. The largest absolute Gasteiger partial charge is 0.0900 e. The molecule has 0 saturated heterocycles. The van der Waals surface area contributed by atoms with E-state index in [1.165, 1.54) is 46.1 Å². The van der Waals surface area contributed by atoms with Crippen molar-refractivity contribution in [3.63, 3.8) is 0 Å². The molecule has 4 rings (SSSR count). The number of rotatable bonds is 6. The zero-order chi connectivity index (χ0) is 28.4. The summed E-state index contributed by atoms with van der Waals surface area (Å²) in [5.74, 6) is 0. The van der Waals surface area contributed by atoms with Crippen LogP contribution in [0.4, 0.5) is 0 Å². The van der Waals surface area contributed by atoms with Crippen LogP contribution in [-0.2, 0) is 16.2 Å². The van der Waals surface area contributed by atoms with E-state index in [0.717, 1.165) is 0 Å². The van der Waals surface area contributed by atoms with Gasteiger partial charge in [0.25, 0.3) is 0 Å². The van der Waals surface area contributed by atoms with Gasteiger partial charge in [0.05, 0.1) is 0 Å². The third kappa shape index (κ3) is 8.46. The van der Waals surface area contributed by atoms with E-state index in [9.17, 15) is 0 Å². The fourth-order valence-corrected chi connectivity index (χ4v) is 7.17. The van der Waals surface area contributed by atoms with E-state index in [1.54, 1.807) is 0 Å². The predicted molar refractivity (Wildman–Crippen MR) is 174 cm³/mol. The van der Waals surface area contributed by atoms with Crippen LogP contribution in [-0.4, -0.2) is 0 Å². The van der Waals surface area contributed by atoms with Gasteiger partial charge in [-0.1, -0.05) is 134 Å². The van der Waals surface area contributed by atoms with E-state index in [-0.39, 0.29) is 16.2 Å². The summed E-state index contributed by atoms with van der Waals surface area (Å²) in [7, 11) is 0. The summed E-state index contributed by atoms with van der Waals surface area (Å²) in [4.78, 5) is 7.61. The second-order valence-corrected chi connectivity index (χ2v) is 16.7. The average Bonchev–Trinajstić information content (AvgIpc) is 2.83. The van der Waals surface area contributed by atoms with Crippen molar-refractivity contribution in [3.8, 4) is 0 Å². The fourth-order valence-electron chi connectivity index (χ4n) is 4.20. The maximum atomic E-state index is 2.33. The van der Waals surface area contributed by atoms with Crippen LogP contribution in [0.2, 0.25) is 0 Å². The minimum Gasteiger partial charge on any atom is -0.0900 e. The molecule has 39 heavy (non-hydrogen) atoms. The zero-order valence-electron chi connectivity index (χ0n) is 24.9. The Bertz CT molecular complexity index is 1190. The van der Waals surface area contributed by atoms with Crippen molar-refractivity contribution in [2.24, 2.45) is 0 Å². The molecule has 0 radical (unpaired) electrons. The normalized spacial score (nSPS) is 12.5. The summed E-state index contributed by atoms with van der Waals surface area (Å²) in [6, 6.07) is 34.1. The summed E-state index contributed by atoms with van der Waals surface area (Å²) in [5, 5.41) is 0. The first-order valence-electron chi connectivity index (χ1n) is 13.7. The highest BCUT2D eigenvalue weighted by Gasteiger charge is 2.16. The summed E-state index contributed by atoms with van der Waals surface area (Å²) in [5.41, 5.74) is 4.58. The molecular formula is C36H42S3. The first kappa shape index (κ1) is 29.9. The molecule has 0 aliphatic heterocycles. The van der Waals surface area contributed by atoms with Crippen LogP contribution in [0.1, 0.15) is 79.0 Å². The Kier molecular flexibility index (Phi) is 9.05. The lowest BCUT2D eigenvalue weighted by atomic mass is 9.87. The third-order valence-corrected chi connectivity index (χ3v) is 9.66. The van der Waals surface area contributed by atoms with Gasteiger partial charge in [0.2, 0.25) is 0 Å². The van der Waals surface area contributed by atoms with Gasteiger partial charge in [-0.3, -0.25) is 0 Å². The molecule has 0 amide bonds. The Labute approximate surface area is 249 Å². The first-order valence-corrected chi connectivity index (χ1v) is 16.1. The Morgan fingerprint density at radius 2 is 0.513 bits per heavy atom. The molecule has 0 fully saturated rings.